The second-order valence-corrected chi connectivity index (χ2v) is 4.64. The van der Waals surface area contributed by atoms with Crippen LogP contribution in [0.3, 0.4) is 0 Å². The Morgan fingerprint density at radius 1 is 1.25 bits per heavy atom. The van der Waals surface area contributed by atoms with Gasteiger partial charge in [0.25, 0.3) is 0 Å². The zero-order valence-electron chi connectivity index (χ0n) is 8.47. The van der Waals surface area contributed by atoms with Crippen LogP contribution in [0, 0.1) is 5.41 Å². The van der Waals surface area contributed by atoms with E-state index in [0.717, 1.165) is 12.8 Å². The molecule has 1 nitrogen and oxygen atoms in total. The highest BCUT2D eigenvalue weighted by atomic mass is 16.3. The van der Waals surface area contributed by atoms with Crippen molar-refractivity contribution in [2.75, 3.05) is 0 Å². The monoisotopic (exact) mass is 170 g/mol. The van der Waals surface area contributed by atoms with Crippen molar-refractivity contribution in [2.24, 2.45) is 5.41 Å². The van der Waals surface area contributed by atoms with Gasteiger partial charge in [-0.1, -0.05) is 33.1 Å². The van der Waals surface area contributed by atoms with Crippen molar-refractivity contribution in [3.05, 3.63) is 0 Å². The van der Waals surface area contributed by atoms with Crippen LogP contribution in [0.1, 0.15) is 58.8 Å². The third-order valence-electron chi connectivity index (χ3n) is 3.26. The summed E-state index contributed by atoms with van der Waals surface area (Å²) in [6, 6.07) is 0. The normalized spacial score (nSPS) is 25.2. The van der Waals surface area contributed by atoms with Gasteiger partial charge >= 0.3 is 0 Å². The van der Waals surface area contributed by atoms with E-state index >= 15 is 0 Å². The quantitative estimate of drug-likeness (QED) is 0.690. The van der Waals surface area contributed by atoms with Gasteiger partial charge in [0.15, 0.2) is 0 Å². The minimum Gasteiger partial charge on any atom is -0.393 e. The molecule has 72 valence electrons. The molecule has 1 atom stereocenters. The van der Waals surface area contributed by atoms with Crippen molar-refractivity contribution < 1.29 is 5.11 Å². The fraction of sp³-hybridized carbons (Fsp3) is 1.00. The van der Waals surface area contributed by atoms with Crippen LogP contribution in [0.15, 0.2) is 0 Å². The molecule has 12 heavy (non-hydrogen) atoms. The number of aliphatic hydroxyl groups is 1. The molecule has 1 heteroatoms. The minimum absolute atomic E-state index is 0.0619. The summed E-state index contributed by atoms with van der Waals surface area (Å²) in [6.45, 7) is 4.40. The van der Waals surface area contributed by atoms with Crippen molar-refractivity contribution in [3.8, 4) is 0 Å². The fourth-order valence-electron chi connectivity index (χ4n) is 2.32. The van der Waals surface area contributed by atoms with Crippen LogP contribution in [-0.4, -0.2) is 11.2 Å². The molecular weight excluding hydrogens is 148 g/mol. The van der Waals surface area contributed by atoms with Crippen LogP contribution in [0.25, 0.3) is 0 Å². The van der Waals surface area contributed by atoms with E-state index in [1.807, 2.05) is 0 Å². The highest BCUT2D eigenvalue weighted by Gasteiger charge is 2.28. The van der Waals surface area contributed by atoms with E-state index in [4.69, 9.17) is 0 Å². The predicted octanol–water partition coefficient (Wildman–Crippen LogP) is 3.12. The highest BCUT2D eigenvalue weighted by Crippen LogP contribution is 2.39. The Balaban J connectivity index is 2.35. The van der Waals surface area contributed by atoms with E-state index in [9.17, 15) is 5.11 Å². The Bertz CT molecular complexity index is 125. The fourth-order valence-corrected chi connectivity index (χ4v) is 2.32. The third-order valence-corrected chi connectivity index (χ3v) is 3.26. The van der Waals surface area contributed by atoms with Gasteiger partial charge in [0.1, 0.15) is 0 Å². The zero-order chi connectivity index (χ0) is 9.03. The molecule has 0 radical (unpaired) electrons. The number of aliphatic hydroxyl groups excluding tert-OH is 1. The molecule has 0 heterocycles. The summed E-state index contributed by atoms with van der Waals surface area (Å²) in [4.78, 5) is 0. The molecule has 0 spiro atoms. The largest absolute Gasteiger partial charge is 0.393 e. The van der Waals surface area contributed by atoms with Gasteiger partial charge in [-0.25, -0.2) is 0 Å². The van der Waals surface area contributed by atoms with Crippen LogP contribution < -0.4 is 0 Å². The maximum atomic E-state index is 9.58. The molecule has 1 aliphatic rings. The van der Waals surface area contributed by atoms with Gasteiger partial charge in [-0.05, 0) is 31.1 Å². The summed E-state index contributed by atoms with van der Waals surface area (Å²) < 4.78 is 0. The lowest BCUT2D eigenvalue weighted by molar-refractivity contribution is 0.0789. The van der Waals surface area contributed by atoms with Crippen LogP contribution in [0.5, 0.6) is 0 Å². The Morgan fingerprint density at radius 2 is 1.83 bits per heavy atom. The smallest absolute Gasteiger partial charge is 0.0542 e. The van der Waals surface area contributed by atoms with Gasteiger partial charge in [0, 0.05) is 0 Å². The van der Waals surface area contributed by atoms with Gasteiger partial charge in [0.05, 0.1) is 6.10 Å². The van der Waals surface area contributed by atoms with Crippen molar-refractivity contribution in [1.29, 1.82) is 0 Å². The summed E-state index contributed by atoms with van der Waals surface area (Å²) in [5, 5.41) is 9.58. The lowest BCUT2D eigenvalue weighted by Crippen LogP contribution is -2.25. The molecule has 1 aliphatic carbocycles. The summed E-state index contributed by atoms with van der Waals surface area (Å²) in [7, 11) is 0. The molecule has 0 aliphatic heterocycles. The van der Waals surface area contributed by atoms with Crippen LogP contribution >= 0.6 is 0 Å². The van der Waals surface area contributed by atoms with Crippen LogP contribution in [-0.2, 0) is 0 Å². The van der Waals surface area contributed by atoms with Gasteiger partial charge < -0.3 is 5.11 Å². The highest BCUT2D eigenvalue weighted by molar-refractivity contribution is 4.80. The van der Waals surface area contributed by atoms with Crippen LogP contribution in [0.4, 0.5) is 0 Å². The van der Waals surface area contributed by atoms with Gasteiger partial charge in [-0.2, -0.15) is 0 Å². The number of hydrogen-bond acceptors (Lipinski definition) is 1. The topological polar surface area (TPSA) is 20.2 Å². The van der Waals surface area contributed by atoms with E-state index in [0.29, 0.717) is 5.41 Å². The van der Waals surface area contributed by atoms with E-state index < -0.39 is 0 Å². The van der Waals surface area contributed by atoms with Crippen molar-refractivity contribution in [3.63, 3.8) is 0 Å². The minimum atomic E-state index is -0.0619. The maximum absolute atomic E-state index is 9.58. The molecule has 0 aromatic heterocycles. The first kappa shape index (κ1) is 10.0. The molecule has 1 rings (SSSR count). The summed E-state index contributed by atoms with van der Waals surface area (Å²) in [5.41, 5.74) is 0.452. The summed E-state index contributed by atoms with van der Waals surface area (Å²) >= 11 is 0. The van der Waals surface area contributed by atoms with E-state index in [1.165, 1.54) is 32.1 Å². The molecule has 1 saturated carbocycles. The first-order valence-corrected chi connectivity index (χ1v) is 5.34. The number of rotatable bonds is 3. The Labute approximate surface area is 76.2 Å². The SMILES string of the molecule is CCC(O)CC1(C)CCCCC1. The third kappa shape index (κ3) is 2.78. The van der Waals surface area contributed by atoms with E-state index in [-0.39, 0.29) is 6.10 Å². The molecule has 1 fully saturated rings. The summed E-state index contributed by atoms with van der Waals surface area (Å²) in [6.07, 6.45) is 8.65. The molecule has 0 saturated heterocycles. The first-order valence-electron chi connectivity index (χ1n) is 5.34. The van der Waals surface area contributed by atoms with Crippen molar-refractivity contribution in [1.82, 2.24) is 0 Å². The average Bonchev–Trinajstić information content (AvgIpc) is 2.05. The van der Waals surface area contributed by atoms with Crippen molar-refractivity contribution in [2.45, 2.75) is 64.9 Å². The van der Waals surface area contributed by atoms with Gasteiger partial charge in [-0.3, -0.25) is 0 Å². The number of hydrogen-bond donors (Lipinski definition) is 1. The first-order chi connectivity index (χ1) is 5.66. The lowest BCUT2D eigenvalue weighted by Gasteiger charge is -2.35. The van der Waals surface area contributed by atoms with E-state index in [1.54, 1.807) is 0 Å². The zero-order valence-corrected chi connectivity index (χ0v) is 8.47. The standard InChI is InChI=1S/C11H22O/c1-3-10(12)9-11(2)7-5-4-6-8-11/h10,12H,3-9H2,1-2H3. The van der Waals surface area contributed by atoms with Gasteiger partial charge in [-0.15, -0.1) is 0 Å². The molecule has 0 aromatic rings. The Morgan fingerprint density at radius 3 is 2.33 bits per heavy atom. The summed E-state index contributed by atoms with van der Waals surface area (Å²) in [5.74, 6) is 0. The van der Waals surface area contributed by atoms with Crippen LogP contribution in [0.2, 0.25) is 0 Å². The second kappa shape index (κ2) is 4.27. The predicted molar refractivity (Wildman–Crippen MR) is 52.1 cm³/mol. The maximum Gasteiger partial charge on any atom is 0.0542 e. The Hall–Kier alpha value is -0.0400. The Kier molecular flexibility index (Phi) is 3.57. The van der Waals surface area contributed by atoms with E-state index in [2.05, 4.69) is 13.8 Å². The molecule has 0 bridgehead atoms. The second-order valence-electron chi connectivity index (χ2n) is 4.64. The van der Waals surface area contributed by atoms with Crippen molar-refractivity contribution >= 4 is 0 Å². The molecule has 1 unspecified atom stereocenters. The molecule has 0 aromatic carbocycles. The molecular formula is C11H22O. The average molecular weight is 170 g/mol. The van der Waals surface area contributed by atoms with Gasteiger partial charge in [0.2, 0.25) is 0 Å². The lowest BCUT2D eigenvalue weighted by atomic mass is 9.72. The molecule has 1 N–H and O–H groups in total. The molecule has 0 amide bonds.